The minimum atomic E-state index is -0.644. The monoisotopic (exact) mass is 386 g/mol. The summed E-state index contributed by atoms with van der Waals surface area (Å²) < 4.78 is 20.4. The Balaban J connectivity index is 2.09. The molecule has 0 spiro atoms. The molecule has 0 bridgehead atoms. The molecule has 2 aromatic carbocycles. The summed E-state index contributed by atoms with van der Waals surface area (Å²) in [4.78, 5) is 23.6. The SMILES string of the molecule is CCO/C(N)=C\C(=O)Oc1ccc2cc(OC(=O)/C=C(/N)OCC)ccc2c1. The molecule has 8 nitrogen and oxygen atoms in total. The molecule has 2 aromatic rings. The normalized spacial score (nSPS) is 11.8. The fourth-order valence-electron chi connectivity index (χ4n) is 2.27. The topological polar surface area (TPSA) is 123 Å². The van der Waals surface area contributed by atoms with Gasteiger partial charge in [0.25, 0.3) is 0 Å². The van der Waals surface area contributed by atoms with Crippen LogP contribution < -0.4 is 20.9 Å². The molecule has 0 aliphatic heterocycles. The zero-order chi connectivity index (χ0) is 20.5. The lowest BCUT2D eigenvalue weighted by molar-refractivity contribution is -0.130. The number of rotatable bonds is 8. The van der Waals surface area contributed by atoms with Crippen LogP contribution in [-0.2, 0) is 19.1 Å². The van der Waals surface area contributed by atoms with Gasteiger partial charge in [0.2, 0.25) is 0 Å². The second-order valence-electron chi connectivity index (χ2n) is 5.47. The van der Waals surface area contributed by atoms with Crippen molar-refractivity contribution >= 4 is 22.7 Å². The first-order valence-corrected chi connectivity index (χ1v) is 8.58. The van der Waals surface area contributed by atoms with E-state index in [9.17, 15) is 9.59 Å². The second-order valence-corrected chi connectivity index (χ2v) is 5.47. The highest BCUT2D eigenvalue weighted by atomic mass is 16.5. The van der Waals surface area contributed by atoms with E-state index in [0.717, 1.165) is 22.9 Å². The first-order chi connectivity index (χ1) is 13.4. The second kappa shape index (κ2) is 9.86. The molecule has 0 unspecified atom stereocenters. The summed E-state index contributed by atoms with van der Waals surface area (Å²) in [6.45, 7) is 4.22. The van der Waals surface area contributed by atoms with E-state index in [-0.39, 0.29) is 11.8 Å². The van der Waals surface area contributed by atoms with Gasteiger partial charge in [0.05, 0.1) is 25.4 Å². The van der Waals surface area contributed by atoms with Gasteiger partial charge in [-0.15, -0.1) is 0 Å². The molecule has 0 aliphatic rings. The van der Waals surface area contributed by atoms with Gasteiger partial charge in [0.1, 0.15) is 11.5 Å². The number of hydrogen-bond donors (Lipinski definition) is 2. The van der Waals surface area contributed by atoms with Gasteiger partial charge in [0.15, 0.2) is 11.8 Å². The molecular formula is C20H22N2O6. The summed E-state index contributed by atoms with van der Waals surface area (Å²) in [6.07, 6.45) is 2.13. The molecule has 8 heteroatoms. The van der Waals surface area contributed by atoms with Crippen LogP contribution in [0, 0.1) is 0 Å². The fourth-order valence-corrected chi connectivity index (χ4v) is 2.27. The lowest BCUT2D eigenvalue weighted by atomic mass is 10.1. The lowest BCUT2D eigenvalue weighted by Crippen LogP contribution is -2.11. The van der Waals surface area contributed by atoms with Crippen molar-refractivity contribution in [1.29, 1.82) is 0 Å². The van der Waals surface area contributed by atoms with Crippen molar-refractivity contribution in [2.45, 2.75) is 13.8 Å². The minimum Gasteiger partial charge on any atom is -0.479 e. The number of fused-ring (bicyclic) bond motifs is 1. The lowest BCUT2D eigenvalue weighted by Gasteiger charge is -2.07. The number of hydrogen-bond acceptors (Lipinski definition) is 8. The maximum Gasteiger partial charge on any atom is 0.341 e. The van der Waals surface area contributed by atoms with Crippen molar-refractivity contribution in [3.8, 4) is 11.5 Å². The maximum atomic E-state index is 11.8. The molecule has 0 aromatic heterocycles. The Labute approximate surface area is 162 Å². The van der Waals surface area contributed by atoms with Gasteiger partial charge in [-0.05, 0) is 48.9 Å². The third-order valence-corrected chi connectivity index (χ3v) is 3.36. The average molecular weight is 386 g/mol. The first-order valence-electron chi connectivity index (χ1n) is 8.58. The number of carbonyl (C=O) groups excluding carboxylic acids is 2. The molecule has 0 aliphatic carbocycles. The van der Waals surface area contributed by atoms with Gasteiger partial charge >= 0.3 is 11.9 Å². The van der Waals surface area contributed by atoms with E-state index < -0.39 is 11.9 Å². The largest absolute Gasteiger partial charge is 0.479 e. The highest BCUT2D eigenvalue weighted by Crippen LogP contribution is 2.25. The third kappa shape index (κ3) is 6.24. The quantitative estimate of drug-likeness (QED) is 0.307. The number of esters is 2. The van der Waals surface area contributed by atoms with Gasteiger partial charge < -0.3 is 30.4 Å². The summed E-state index contributed by atoms with van der Waals surface area (Å²) in [5.41, 5.74) is 11.0. The zero-order valence-corrected chi connectivity index (χ0v) is 15.6. The van der Waals surface area contributed by atoms with E-state index in [1.807, 2.05) is 0 Å². The van der Waals surface area contributed by atoms with Gasteiger partial charge in [-0.1, -0.05) is 12.1 Å². The van der Waals surface area contributed by atoms with Gasteiger partial charge in [-0.25, -0.2) is 9.59 Å². The Hall–Kier alpha value is -3.68. The Kier molecular flexibility index (Phi) is 7.27. The first kappa shape index (κ1) is 20.6. The molecule has 4 N–H and O–H groups in total. The van der Waals surface area contributed by atoms with E-state index in [1.165, 1.54) is 0 Å². The highest BCUT2D eigenvalue weighted by molar-refractivity contribution is 5.89. The van der Waals surface area contributed by atoms with Gasteiger partial charge in [-0.2, -0.15) is 0 Å². The fraction of sp³-hybridized carbons (Fsp3) is 0.200. The van der Waals surface area contributed by atoms with Crippen LogP contribution in [0.25, 0.3) is 10.8 Å². The van der Waals surface area contributed by atoms with Crippen LogP contribution in [0.15, 0.2) is 60.3 Å². The molecule has 0 atom stereocenters. The summed E-state index contributed by atoms with van der Waals surface area (Å²) in [7, 11) is 0. The molecule has 0 heterocycles. The molecule has 0 fully saturated rings. The van der Waals surface area contributed by atoms with Crippen LogP contribution in [0.2, 0.25) is 0 Å². The Morgan fingerprint density at radius 1 is 0.786 bits per heavy atom. The summed E-state index contributed by atoms with van der Waals surface area (Å²) in [5.74, 6) is -0.632. The molecule has 0 amide bonds. The van der Waals surface area contributed by atoms with Crippen molar-refractivity contribution in [2.24, 2.45) is 11.5 Å². The molecule has 0 saturated carbocycles. The van der Waals surface area contributed by atoms with E-state index in [1.54, 1.807) is 50.2 Å². The zero-order valence-electron chi connectivity index (χ0n) is 15.6. The van der Waals surface area contributed by atoms with Crippen LogP contribution in [0.1, 0.15) is 13.8 Å². The predicted octanol–water partition coefficient (Wildman–Crippen LogP) is 2.32. The van der Waals surface area contributed by atoms with Crippen molar-refractivity contribution in [3.63, 3.8) is 0 Å². The van der Waals surface area contributed by atoms with Crippen LogP contribution in [0.4, 0.5) is 0 Å². The predicted molar refractivity (Wildman–Crippen MR) is 103 cm³/mol. The molecule has 28 heavy (non-hydrogen) atoms. The highest BCUT2D eigenvalue weighted by Gasteiger charge is 2.07. The van der Waals surface area contributed by atoms with Crippen LogP contribution in [-0.4, -0.2) is 25.2 Å². The third-order valence-electron chi connectivity index (χ3n) is 3.36. The number of carbonyl (C=O) groups is 2. The average Bonchev–Trinajstić information content (AvgIpc) is 2.61. The summed E-state index contributed by atoms with van der Waals surface area (Å²) in [5, 5.41) is 1.58. The van der Waals surface area contributed by atoms with Crippen molar-refractivity contribution in [1.82, 2.24) is 0 Å². The van der Waals surface area contributed by atoms with Gasteiger partial charge in [-0.3, -0.25) is 0 Å². The molecule has 148 valence electrons. The van der Waals surface area contributed by atoms with Crippen LogP contribution in [0.3, 0.4) is 0 Å². The van der Waals surface area contributed by atoms with Crippen molar-refractivity contribution in [2.75, 3.05) is 13.2 Å². The standard InChI is InChI=1S/C20H22N2O6/c1-3-25-17(21)11-19(23)27-15-7-5-14-10-16(8-6-13(14)9-15)28-20(24)12-18(22)26-4-2/h5-12H,3-4,21-22H2,1-2H3/b17-11-,18-12-. The smallest absolute Gasteiger partial charge is 0.341 e. The molecule has 0 radical (unpaired) electrons. The van der Waals surface area contributed by atoms with Crippen LogP contribution in [0.5, 0.6) is 11.5 Å². The Morgan fingerprint density at radius 2 is 1.18 bits per heavy atom. The maximum absolute atomic E-state index is 11.8. The van der Waals surface area contributed by atoms with E-state index in [2.05, 4.69) is 0 Å². The van der Waals surface area contributed by atoms with Gasteiger partial charge in [0, 0.05) is 0 Å². The minimum absolute atomic E-state index is 0.0150. The Morgan fingerprint density at radius 3 is 1.54 bits per heavy atom. The van der Waals surface area contributed by atoms with E-state index in [4.69, 9.17) is 30.4 Å². The van der Waals surface area contributed by atoms with Crippen molar-refractivity contribution < 1.29 is 28.5 Å². The molecule has 2 rings (SSSR count). The number of benzene rings is 2. The van der Waals surface area contributed by atoms with Crippen LogP contribution >= 0.6 is 0 Å². The Bertz CT molecular complexity index is 845. The summed E-state index contributed by atoms with van der Waals surface area (Å²) >= 11 is 0. The molecule has 0 saturated heterocycles. The molecular weight excluding hydrogens is 364 g/mol. The number of ether oxygens (including phenoxy) is 4. The summed E-state index contributed by atoms with van der Waals surface area (Å²) in [6, 6.07) is 10.0. The van der Waals surface area contributed by atoms with E-state index in [0.29, 0.717) is 24.7 Å². The van der Waals surface area contributed by atoms with Crippen molar-refractivity contribution in [3.05, 3.63) is 60.3 Å². The number of nitrogens with two attached hydrogens (primary N) is 2. The van der Waals surface area contributed by atoms with E-state index >= 15 is 0 Å².